The predicted octanol–water partition coefficient (Wildman–Crippen LogP) is 2.23. The highest BCUT2D eigenvalue weighted by Crippen LogP contribution is 2.33. The lowest BCUT2D eigenvalue weighted by atomic mass is 10.4. The third-order valence-electron chi connectivity index (χ3n) is 2.81. The molecule has 2 rings (SSSR count). The summed E-state index contributed by atoms with van der Waals surface area (Å²) in [5, 5.41) is 2.87. The molecule has 1 fully saturated rings. The summed E-state index contributed by atoms with van der Waals surface area (Å²) < 4.78 is 43.4. The topological polar surface area (TPSA) is 63.2 Å². The van der Waals surface area contributed by atoms with Gasteiger partial charge in [-0.05, 0) is 26.7 Å². The fourth-order valence-corrected chi connectivity index (χ4v) is 1.85. The van der Waals surface area contributed by atoms with Crippen molar-refractivity contribution in [3.05, 3.63) is 0 Å². The fraction of sp³-hybridized carbons (Fsp3) is 0.750. The van der Waals surface area contributed by atoms with Gasteiger partial charge in [0.2, 0.25) is 11.9 Å². The Morgan fingerprint density at radius 2 is 1.95 bits per heavy atom. The smallest absolute Gasteiger partial charge is 0.406 e. The lowest BCUT2D eigenvalue weighted by Crippen LogP contribution is -2.37. The van der Waals surface area contributed by atoms with Crippen LogP contribution in [0.3, 0.4) is 0 Å². The molecule has 1 saturated carbocycles. The largest absolute Gasteiger partial charge is 0.464 e. The molecule has 0 radical (unpaired) electrons. The molecule has 0 aliphatic heterocycles. The van der Waals surface area contributed by atoms with Gasteiger partial charge in [-0.25, -0.2) is 0 Å². The molecule has 118 valence electrons. The highest BCUT2D eigenvalue weighted by atomic mass is 19.4. The third-order valence-corrected chi connectivity index (χ3v) is 2.81. The second-order valence-electron chi connectivity index (χ2n) is 4.68. The van der Waals surface area contributed by atoms with Crippen LogP contribution >= 0.6 is 0 Å². The lowest BCUT2D eigenvalue weighted by molar-refractivity contribution is -0.120. The Morgan fingerprint density at radius 3 is 2.48 bits per heavy atom. The van der Waals surface area contributed by atoms with Crippen LogP contribution in [0.1, 0.15) is 26.7 Å². The molecule has 1 aliphatic carbocycles. The standard InChI is InChI=1S/C12H18F3N5O/c1-3-16-9-17-10(19-11(18-9)21-4-2)20(8-5-6-8)7-12(13,14)15/h8H,3-7H2,1-2H3,(H,16,17,18,19). The SMILES string of the molecule is CCNc1nc(OCC)nc(N(CC(F)(F)F)C2CC2)n1. The first-order valence-corrected chi connectivity index (χ1v) is 6.89. The highest BCUT2D eigenvalue weighted by Gasteiger charge is 2.39. The minimum absolute atomic E-state index is 0.00391. The minimum atomic E-state index is -4.31. The molecule has 0 unspecified atom stereocenters. The number of rotatable bonds is 7. The Labute approximate surface area is 120 Å². The van der Waals surface area contributed by atoms with Gasteiger partial charge < -0.3 is 15.0 Å². The molecular weight excluding hydrogens is 287 g/mol. The van der Waals surface area contributed by atoms with Crippen LogP contribution in [0.25, 0.3) is 0 Å². The number of aromatic nitrogens is 3. The van der Waals surface area contributed by atoms with Crippen LogP contribution in [0.5, 0.6) is 6.01 Å². The maximum Gasteiger partial charge on any atom is 0.406 e. The first kappa shape index (κ1) is 15.6. The summed E-state index contributed by atoms with van der Waals surface area (Å²) in [6.07, 6.45) is -2.89. The minimum Gasteiger partial charge on any atom is -0.464 e. The number of ether oxygens (including phenoxy) is 1. The lowest BCUT2D eigenvalue weighted by Gasteiger charge is -2.24. The monoisotopic (exact) mass is 305 g/mol. The van der Waals surface area contributed by atoms with Crippen LogP contribution in [0.4, 0.5) is 25.1 Å². The van der Waals surface area contributed by atoms with Crippen LogP contribution < -0.4 is 15.0 Å². The van der Waals surface area contributed by atoms with E-state index in [1.165, 1.54) is 4.90 Å². The van der Waals surface area contributed by atoms with Crippen LogP contribution in [0.2, 0.25) is 0 Å². The van der Waals surface area contributed by atoms with Crippen molar-refractivity contribution in [3.63, 3.8) is 0 Å². The van der Waals surface area contributed by atoms with E-state index in [2.05, 4.69) is 20.3 Å². The maximum atomic E-state index is 12.7. The van der Waals surface area contributed by atoms with E-state index in [4.69, 9.17) is 4.74 Å². The Kier molecular flexibility index (Phi) is 4.69. The number of hydrogen-bond donors (Lipinski definition) is 1. The number of hydrogen-bond acceptors (Lipinski definition) is 6. The summed E-state index contributed by atoms with van der Waals surface area (Å²) >= 11 is 0. The highest BCUT2D eigenvalue weighted by molar-refractivity contribution is 5.41. The van der Waals surface area contributed by atoms with Crippen molar-refractivity contribution in [1.82, 2.24) is 15.0 Å². The number of nitrogens with zero attached hydrogens (tertiary/aromatic N) is 4. The van der Waals surface area contributed by atoms with E-state index in [9.17, 15) is 13.2 Å². The van der Waals surface area contributed by atoms with E-state index in [1.807, 2.05) is 6.92 Å². The quantitative estimate of drug-likeness (QED) is 0.833. The third kappa shape index (κ3) is 4.61. The molecule has 1 aliphatic rings. The van der Waals surface area contributed by atoms with Crippen LogP contribution in [0.15, 0.2) is 0 Å². The van der Waals surface area contributed by atoms with Gasteiger partial charge >= 0.3 is 12.2 Å². The molecule has 0 bridgehead atoms. The predicted molar refractivity (Wildman–Crippen MR) is 71.6 cm³/mol. The average Bonchev–Trinajstić information content (AvgIpc) is 3.19. The van der Waals surface area contributed by atoms with E-state index in [0.29, 0.717) is 26.0 Å². The summed E-state index contributed by atoms with van der Waals surface area (Å²) in [4.78, 5) is 13.2. The van der Waals surface area contributed by atoms with Gasteiger partial charge in [-0.2, -0.15) is 28.1 Å². The van der Waals surface area contributed by atoms with E-state index in [-0.39, 0.29) is 23.9 Å². The first-order valence-electron chi connectivity index (χ1n) is 6.89. The van der Waals surface area contributed by atoms with Gasteiger partial charge in [-0.15, -0.1) is 0 Å². The van der Waals surface area contributed by atoms with Crippen molar-refractivity contribution in [2.75, 3.05) is 29.9 Å². The average molecular weight is 305 g/mol. The molecule has 0 aromatic carbocycles. The molecule has 21 heavy (non-hydrogen) atoms. The molecule has 6 nitrogen and oxygen atoms in total. The zero-order valence-electron chi connectivity index (χ0n) is 11.9. The van der Waals surface area contributed by atoms with Crippen molar-refractivity contribution < 1.29 is 17.9 Å². The van der Waals surface area contributed by atoms with Crippen molar-refractivity contribution in [3.8, 4) is 6.01 Å². The molecule has 0 atom stereocenters. The number of anilines is 2. The van der Waals surface area contributed by atoms with Crippen molar-refractivity contribution >= 4 is 11.9 Å². The van der Waals surface area contributed by atoms with Gasteiger partial charge in [-0.3, -0.25) is 0 Å². The zero-order valence-corrected chi connectivity index (χ0v) is 11.9. The summed E-state index contributed by atoms with van der Waals surface area (Å²) in [6.45, 7) is 3.41. The second kappa shape index (κ2) is 6.31. The summed E-state index contributed by atoms with van der Waals surface area (Å²) in [5.74, 6) is 0.225. The molecule has 1 heterocycles. The fourth-order valence-electron chi connectivity index (χ4n) is 1.85. The number of nitrogens with one attached hydrogen (secondary N) is 1. The number of alkyl halides is 3. The van der Waals surface area contributed by atoms with E-state index in [0.717, 1.165) is 0 Å². The molecule has 9 heteroatoms. The zero-order chi connectivity index (χ0) is 15.5. The summed E-state index contributed by atoms with van der Waals surface area (Å²) in [7, 11) is 0. The van der Waals surface area contributed by atoms with E-state index < -0.39 is 12.7 Å². The Balaban J connectivity index is 2.29. The molecule has 1 N–H and O–H groups in total. The summed E-state index contributed by atoms with van der Waals surface area (Å²) in [5.41, 5.74) is 0. The van der Waals surface area contributed by atoms with Crippen LogP contribution in [0, 0.1) is 0 Å². The van der Waals surface area contributed by atoms with Gasteiger partial charge in [0.1, 0.15) is 6.54 Å². The van der Waals surface area contributed by atoms with Crippen molar-refractivity contribution in [1.29, 1.82) is 0 Å². The molecule has 1 aromatic rings. The Hall–Kier alpha value is -1.80. The summed E-state index contributed by atoms with van der Waals surface area (Å²) in [6, 6.07) is -0.135. The first-order chi connectivity index (χ1) is 9.93. The van der Waals surface area contributed by atoms with Gasteiger partial charge in [0.15, 0.2) is 0 Å². The normalized spacial score (nSPS) is 14.9. The van der Waals surface area contributed by atoms with Crippen molar-refractivity contribution in [2.24, 2.45) is 0 Å². The Bertz CT molecular complexity index is 454. The van der Waals surface area contributed by atoms with Gasteiger partial charge in [-0.1, -0.05) is 0 Å². The van der Waals surface area contributed by atoms with Gasteiger partial charge in [0.05, 0.1) is 6.61 Å². The van der Waals surface area contributed by atoms with E-state index >= 15 is 0 Å². The van der Waals surface area contributed by atoms with Crippen LogP contribution in [-0.4, -0.2) is 46.9 Å². The molecule has 0 saturated heterocycles. The van der Waals surface area contributed by atoms with Gasteiger partial charge in [0, 0.05) is 12.6 Å². The van der Waals surface area contributed by atoms with Crippen LogP contribution in [-0.2, 0) is 0 Å². The van der Waals surface area contributed by atoms with Crippen molar-refractivity contribution in [2.45, 2.75) is 38.9 Å². The second-order valence-corrected chi connectivity index (χ2v) is 4.68. The van der Waals surface area contributed by atoms with Gasteiger partial charge in [0.25, 0.3) is 0 Å². The maximum absolute atomic E-state index is 12.7. The van der Waals surface area contributed by atoms with E-state index in [1.54, 1.807) is 6.92 Å². The molecular formula is C12H18F3N5O. The molecule has 0 amide bonds. The Morgan fingerprint density at radius 1 is 1.24 bits per heavy atom. The number of halogens is 3. The molecule has 0 spiro atoms. The molecule has 1 aromatic heterocycles.